The van der Waals surface area contributed by atoms with Crippen LogP contribution in [-0.2, 0) is 9.53 Å². The number of esters is 1. The summed E-state index contributed by atoms with van der Waals surface area (Å²) in [5.41, 5.74) is 5.83. The van der Waals surface area contributed by atoms with Gasteiger partial charge in [-0.1, -0.05) is 30.4 Å². The van der Waals surface area contributed by atoms with E-state index in [2.05, 4.69) is 27.3 Å². The van der Waals surface area contributed by atoms with E-state index in [0.717, 1.165) is 33.7 Å². The number of aryl methyl sites for hydroxylation is 1. The van der Waals surface area contributed by atoms with Crippen molar-refractivity contribution >= 4 is 29.3 Å². The number of halogens is 1. The fraction of sp³-hybridized carbons (Fsp3) is 0.345. The zero-order valence-corrected chi connectivity index (χ0v) is 21.3. The molecule has 4 rings (SSSR count). The first kappa shape index (κ1) is 26.1. The molecule has 0 bridgehead atoms. The van der Waals surface area contributed by atoms with Gasteiger partial charge in [0.15, 0.2) is 0 Å². The lowest BCUT2D eigenvalue weighted by Gasteiger charge is -2.36. The molecular weight excluding hydrogens is 471 g/mol. The maximum absolute atomic E-state index is 14.4. The molecule has 1 N–H and O–H groups in total. The molecule has 1 aliphatic heterocycles. The summed E-state index contributed by atoms with van der Waals surface area (Å²) in [5.74, 6) is -0.436. The van der Waals surface area contributed by atoms with Crippen LogP contribution in [0.15, 0.2) is 66.4 Å². The summed E-state index contributed by atoms with van der Waals surface area (Å²) in [6.45, 7) is 6.39. The molecule has 1 saturated heterocycles. The quantitative estimate of drug-likeness (QED) is 0.560. The van der Waals surface area contributed by atoms with Gasteiger partial charge in [-0.2, -0.15) is 0 Å². The summed E-state index contributed by atoms with van der Waals surface area (Å²) >= 11 is 0. The Labute approximate surface area is 217 Å². The Morgan fingerprint density at radius 1 is 1.14 bits per heavy atom. The summed E-state index contributed by atoms with van der Waals surface area (Å²) in [4.78, 5) is 31.9. The number of pyridine rings is 1. The number of ether oxygens (including phenoxy) is 1. The van der Waals surface area contributed by atoms with Gasteiger partial charge in [-0.25, -0.2) is 9.18 Å². The molecule has 194 valence electrons. The van der Waals surface area contributed by atoms with Gasteiger partial charge in [-0.15, -0.1) is 0 Å². The summed E-state index contributed by atoms with van der Waals surface area (Å²) in [5, 5.41) is 2.61. The van der Waals surface area contributed by atoms with Crippen molar-refractivity contribution in [1.29, 1.82) is 0 Å². The van der Waals surface area contributed by atoms with E-state index in [-0.39, 0.29) is 12.6 Å². The van der Waals surface area contributed by atoms with E-state index in [1.54, 1.807) is 24.1 Å². The van der Waals surface area contributed by atoms with Crippen LogP contribution in [0.3, 0.4) is 0 Å². The highest BCUT2D eigenvalue weighted by Crippen LogP contribution is 2.28. The molecule has 1 aliphatic carbocycles. The third-order valence-corrected chi connectivity index (χ3v) is 6.37. The average molecular weight is 505 g/mol. The lowest BCUT2D eigenvalue weighted by atomic mass is 9.93. The number of allylic oxidation sites excluding steroid dienone is 5. The van der Waals surface area contributed by atoms with Gasteiger partial charge in [-0.05, 0) is 66.5 Å². The highest BCUT2D eigenvalue weighted by atomic mass is 19.1. The zero-order chi connectivity index (χ0) is 26.2. The molecular formula is C29H33FN4O3. The number of piperazine rings is 1. The SMILES string of the molecule is CCOC(=O)CNC(=O)N1CCN(c2ccc(/C=C/C3=CC(c4ccnc(C)c4)=CC(F)C3)cc2)CC1. The predicted molar refractivity (Wildman–Crippen MR) is 144 cm³/mol. The number of nitrogens with one attached hydrogen (secondary N) is 1. The van der Waals surface area contributed by atoms with Crippen molar-refractivity contribution in [3.8, 4) is 0 Å². The molecule has 0 spiro atoms. The Bertz CT molecular complexity index is 1200. The van der Waals surface area contributed by atoms with Crippen LogP contribution in [0.1, 0.15) is 30.2 Å². The molecule has 1 unspecified atom stereocenters. The minimum Gasteiger partial charge on any atom is -0.465 e. The third-order valence-electron chi connectivity index (χ3n) is 6.37. The van der Waals surface area contributed by atoms with E-state index < -0.39 is 12.1 Å². The number of benzene rings is 1. The third kappa shape index (κ3) is 7.29. The van der Waals surface area contributed by atoms with E-state index >= 15 is 0 Å². The van der Waals surface area contributed by atoms with Crippen molar-refractivity contribution in [3.05, 3.63) is 83.2 Å². The van der Waals surface area contributed by atoms with Gasteiger partial charge < -0.3 is 19.9 Å². The Morgan fingerprint density at radius 3 is 2.59 bits per heavy atom. The molecule has 8 heteroatoms. The number of alkyl halides is 1. The number of nitrogens with zero attached hydrogens (tertiary/aromatic N) is 3. The van der Waals surface area contributed by atoms with Crippen molar-refractivity contribution < 1.29 is 18.7 Å². The number of hydrogen-bond donors (Lipinski definition) is 1. The van der Waals surface area contributed by atoms with Gasteiger partial charge in [0.05, 0.1) is 6.61 Å². The highest BCUT2D eigenvalue weighted by molar-refractivity contribution is 5.81. The fourth-order valence-corrected chi connectivity index (χ4v) is 4.45. The molecule has 1 fully saturated rings. The Morgan fingerprint density at radius 2 is 1.89 bits per heavy atom. The average Bonchev–Trinajstić information content (AvgIpc) is 2.91. The van der Waals surface area contributed by atoms with Crippen LogP contribution in [0.2, 0.25) is 0 Å². The molecule has 2 amide bonds. The Balaban J connectivity index is 1.31. The first-order valence-corrected chi connectivity index (χ1v) is 12.6. The molecule has 1 aromatic heterocycles. The molecule has 1 aromatic carbocycles. The van der Waals surface area contributed by atoms with Crippen LogP contribution in [-0.4, -0.2) is 67.4 Å². The lowest BCUT2D eigenvalue weighted by molar-refractivity contribution is -0.141. The number of aromatic nitrogens is 1. The predicted octanol–water partition coefficient (Wildman–Crippen LogP) is 4.55. The monoisotopic (exact) mass is 504 g/mol. The molecule has 0 radical (unpaired) electrons. The minimum atomic E-state index is -1.01. The zero-order valence-electron chi connectivity index (χ0n) is 21.3. The van der Waals surface area contributed by atoms with Gasteiger partial charge in [0, 0.05) is 50.2 Å². The van der Waals surface area contributed by atoms with E-state index in [1.807, 2.05) is 49.4 Å². The van der Waals surface area contributed by atoms with Gasteiger partial charge in [0.25, 0.3) is 0 Å². The maximum Gasteiger partial charge on any atom is 0.325 e. The number of carbonyl (C=O) groups excluding carboxylic acids is 2. The summed E-state index contributed by atoms with van der Waals surface area (Å²) < 4.78 is 19.3. The number of rotatable bonds is 7. The normalized spacial score (nSPS) is 17.9. The second kappa shape index (κ2) is 12.3. The molecule has 2 aromatic rings. The maximum atomic E-state index is 14.4. The van der Waals surface area contributed by atoms with E-state index in [9.17, 15) is 14.0 Å². The number of anilines is 1. The van der Waals surface area contributed by atoms with Crippen molar-refractivity contribution in [2.24, 2.45) is 0 Å². The Hall–Kier alpha value is -3.94. The summed E-state index contributed by atoms with van der Waals surface area (Å²) in [6, 6.07) is 11.8. The molecule has 2 aliphatic rings. The van der Waals surface area contributed by atoms with Gasteiger partial charge in [0.2, 0.25) is 0 Å². The molecule has 2 heterocycles. The Kier molecular flexibility index (Phi) is 8.72. The van der Waals surface area contributed by atoms with Crippen molar-refractivity contribution in [2.75, 3.05) is 44.2 Å². The topological polar surface area (TPSA) is 74.8 Å². The van der Waals surface area contributed by atoms with E-state index in [1.165, 1.54) is 0 Å². The van der Waals surface area contributed by atoms with Gasteiger partial charge in [0.1, 0.15) is 12.7 Å². The number of urea groups is 1. The van der Waals surface area contributed by atoms with Crippen LogP contribution in [0.25, 0.3) is 11.6 Å². The van der Waals surface area contributed by atoms with E-state index in [4.69, 9.17) is 4.74 Å². The van der Waals surface area contributed by atoms with Crippen molar-refractivity contribution in [2.45, 2.75) is 26.4 Å². The largest absolute Gasteiger partial charge is 0.465 e. The smallest absolute Gasteiger partial charge is 0.325 e. The summed E-state index contributed by atoms with van der Waals surface area (Å²) in [7, 11) is 0. The first-order chi connectivity index (χ1) is 17.9. The van der Waals surface area contributed by atoms with Crippen LogP contribution in [0.5, 0.6) is 0 Å². The standard InChI is InChI=1S/C29H33FN4O3/c1-3-37-28(35)20-32-29(36)34-14-12-33(13-15-34)27-8-6-22(7-9-27)4-5-23-17-25(19-26(30)18-23)24-10-11-31-21(2)16-24/h4-11,16-17,19,26H,3,12-15,18,20H2,1-2H3,(H,32,36)/b5-4+. The number of carbonyl (C=O) groups is 2. The van der Waals surface area contributed by atoms with E-state index in [0.29, 0.717) is 39.2 Å². The second-order valence-corrected chi connectivity index (χ2v) is 9.11. The number of hydrogen-bond acceptors (Lipinski definition) is 5. The molecule has 0 saturated carbocycles. The van der Waals surface area contributed by atoms with Crippen LogP contribution in [0, 0.1) is 6.92 Å². The van der Waals surface area contributed by atoms with Crippen molar-refractivity contribution in [1.82, 2.24) is 15.2 Å². The van der Waals surface area contributed by atoms with Crippen molar-refractivity contribution in [3.63, 3.8) is 0 Å². The lowest BCUT2D eigenvalue weighted by Crippen LogP contribution is -2.52. The second-order valence-electron chi connectivity index (χ2n) is 9.11. The van der Waals surface area contributed by atoms with Gasteiger partial charge >= 0.3 is 12.0 Å². The summed E-state index contributed by atoms with van der Waals surface area (Å²) in [6.07, 6.45) is 8.80. The van der Waals surface area contributed by atoms with Crippen LogP contribution in [0.4, 0.5) is 14.9 Å². The number of amides is 2. The van der Waals surface area contributed by atoms with Gasteiger partial charge in [-0.3, -0.25) is 9.78 Å². The van der Waals surface area contributed by atoms with Crippen LogP contribution < -0.4 is 10.2 Å². The minimum absolute atomic E-state index is 0.119. The highest BCUT2D eigenvalue weighted by Gasteiger charge is 2.21. The van der Waals surface area contributed by atoms with Crippen LogP contribution >= 0.6 is 0 Å². The molecule has 1 atom stereocenters. The fourth-order valence-electron chi connectivity index (χ4n) is 4.45. The molecule has 37 heavy (non-hydrogen) atoms. The first-order valence-electron chi connectivity index (χ1n) is 12.6. The molecule has 7 nitrogen and oxygen atoms in total.